The van der Waals surface area contributed by atoms with Crippen LogP contribution in [-0.4, -0.2) is 34.6 Å². The second-order valence-corrected chi connectivity index (χ2v) is 8.75. The van der Waals surface area contributed by atoms with E-state index in [1.165, 1.54) is 11.7 Å². The molecule has 0 aliphatic carbocycles. The lowest BCUT2D eigenvalue weighted by molar-refractivity contribution is -0.121. The average Bonchev–Trinajstić information content (AvgIpc) is 2.85. The van der Waals surface area contributed by atoms with Crippen LogP contribution in [0.15, 0.2) is 58.1 Å². The number of para-hydroxylation sites is 3. The molecule has 1 aromatic heterocycles. The number of hydrogen-bond donors (Lipinski definition) is 2. The maximum Gasteiger partial charge on any atom is 0.331 e. The molecule has 0 fully saturated rings. The summed E-state index contributed by atoms with van der Waals surface area (Å²) in [6.07, 6.45) is 1.34. The maximum atomic E-state index is 13.3. The van der Waals surface area contributed by atoms with E-state index in [0.717, 1.165) is 4.57 Å². The number of aromatic nitrogens is 2. The van der Waals surface area contributed by atoms with Gasteiger partial charge in [-0.1, -0.05) is 38.1 Å². The van der Waals surface area contributed by atoms with Gasteiger partial charge >= 0.3 is 5.69 Å². The van der Waals surface area contributed by atoms with E-state index in [1.807, 2.05) is 13.8 Å². The third kappa shape index (κ3) is 6.59. The number of carbonyl (C=O) groups is 2. The van der Waals surface area contributed by atoms with E-state index in [0.29, 0.717) is 54.1 Å². The SMILES string of the molecule is COc1ccccc1NC(=O)Cn1c(=O)n(CCCCC(=O)NCC(C)C)c(=O)c2ccccc21. The lowest BCUT2D eigenvalue weighted by atomic mass is 10.2. The van der Waals surface area contributed by atoms with E-state index in [2.05, 4.69) is 10.6 Å². The van der Waals surface area contributed by atoms with Crippen LogP contribution in [0.2, 0.25) is 0 Å². The lowest BCUT2D eigenvalue weighted by Gasteiger charge is -2.15. The Morgan fingerprint density at radius 1 is 0.943 bits per heavy atom. The minimum atomic E-state index is -0.562. The first kappa shape index (κ1) is 25.7. The first-order valence-corrected chi connectivity index (χ1v) is 11.7. The predicted octanol–water partition coefficient (Wildman–Crippen LogP) is 2.75. The molecule has 0 aliphatic heterocycles. The van der Waals surface area contributed by atoms with Gasteiger partial charge in [0, 0.05) is 19.5 Å². The highest BCUT2D eigenvalue weighted by Gasteiger charge is 2.16. The van der Waals surface area contributed by atoms with Gasteiger partial charge in [0.05, 0.1) is 23.7 Å². The Labute approximate surface area is 203 Å². The number of rotatable bonds is 11. The summed E-state index contributed by atoms with van der Waals surface area (Å²) in [7, 11) is 1.51. The van der Waals surface area contributed by atoms with Crippen molar-refractivity contribution in [3.63, 3.8) is 0 Å². The van der Waals surface area contributed by atoms with Crippen molar-refractivity contribution in [2.24, 2.45) is 5.92 Å². The van der Waals surface area contributed by atoms with Crippen molar-refractivity contribution in [1.82, 2.24) is 14.5 Å². The van der Waals surface area contributed by atoms with Gasteiger partial charge < -0.3 is 15.4 Å². The summed E-state index contributed by atoms with van der Waals surface area (Å²) in [6.45, 7) is 4.55. The number of nitrogens with zero attached hydrogens (tertiary/aromatic N) is 2. The molecule has 1 heterocycles. The van der Waals surface area contributed by atoms with E-state index < -0.39 is 17.2 Å². The highest BCUT2D eigenvalue weighted by Crippen LogP contribution is 2.23. The predicted molar refractivity (Wildman–Crippen MR) is 136 cm³/mol. The van der Waals surface area contributed by atoms with Crippen molar-refractivity contribution in [3.05, 3.63) is 69.4 Å². The fraction of sp³-hybridized carbons (Fsp3) is 0.385. The molecule has 0 saturated heterocycles. The number of benzene rings is 2. The molecule has 0 unspecified atom stereocenters. The molecule has 186 valence electrons. The number of hydrogen-bond acceptors (Lipinski definition) is 5. The maximum absolute atomic E-state index is 13.3. The lowest BCUT2D eigenvalue weighted by Crippen LogP contribution is -2.41. The Morgan fingerprint density at radius 3 is 2.40 bits per heavy atom. The molecule has 2 amide bonds. The molecule has 0 radical (unpaired) electrons. The molecule has 0 saturated carbocycles. The second kappa shape index (κ2) is 12.0. The van der Waals surface area contributed by atoms with Crippen LogP contribution in [0.25, 0.3) is 10.9 Å². The van der Waals surface area contributed by atoms with Gasteiger partial charge in [0.2, 0.25) is 11.8 Å². The van der Waals surface area contributed by atoms with Crippen molar-refractivity contribution in [2.75, 3.05) is 19.0 Å². The number of amides is 2. The molecule has 2 N–H and O–H groups in total. The van der Waals surface area contributed by atoms with Crippen LogP contribution >= 0.6 is 0 Å². The van der Waals surface area contributed by atoms with Gasteiger partial charge in [-0.3, -0.25) is 23.5 Å². The van der Waals surface area contributed by atoms with Crippen molar-refractivity contribution in [1.29, 1.82) is 0 Å². The molecule has 3 rings (SSSR count). The molecule has 9 nitrogen and oxygen atoms in total. The summed E-state index contributed by atoms with van der Waals surface area (Å²) in [5.41, 5.74) is -0.0900. The Bertz CT molecular complexity index is 1310. The van der Waals surface area contributed by atoms with Crippen molar-refractivity contribution >= 4 is 28.4 Å². The molecule has 9 heteroatoms. The van der Waals surface area contributed by atoms with Crippen molar-refractivity contribution < 1.29 is 14.3 Å². The fourth-order valence-electron chi connectivity index (χ4n) is 3.76. The highest BCUT2D eigenvalue weighted by atomic mass is 16.5. The molecule has 0 spiro atoms. The first-order chi connectivity index (χ1) is 16.8. The van der Waals surface area contributed by atoms with Crippen molar-refractivity contribution in [2.45, 2.75) is 46.2 Å². The minimum absolute atomic E-state index is 0.0463. The highest BCUT2D eigenvalue weighted by molar-refractivity contribution is 5.93. The van der Waals surface area contributed by atoms with Crippen LogP contribution < -0.4 is 26.6 Å². The zero-order chi connectivity index (χ0) is 25.4. The molecular formula is C26H32N4O5. The van der Waals surface area contributed by atoms with E-state index in [9.17, 15) is 19.2 Å². The minimum Gasteiger partial charge on any atom is -0.495 e. The summed E-state index contributed by atoms with van der Waals surface area (Å²) in [4.78, 5) is 51.1. The Morgan fingerprint density at radius 2 is 1.66 bits per heavy atom. The summed E-state index contributed by atoms with van der Waals surface area (Å²) >= 11 is 0. The van der Waals surface area contributed by atoms with E-state index in [-0.39, 0.29) is 19.0 Å². The second-order valence-electron chi connectivity index (χ2n) is 8.75. The largest absolute Gasteiger partial charge is 0.495 e. The Hall–Kier alpha value is -3.88. The van der Waals surface area contributed by atoms with Gasteiger partial charge in [-0.25, -0.2) is 4.79 Å². The topological polar surface area (TPSA) is 111 Å². The fourth-order valence-corrected chi connectivity index (χ4v) is 3.76. The van der Waals surface area contributed by atoms with Crippen LogP contribution in [0.3, 0.4) is 0 Å². The summed E-state index contributed by atoms with van der Waals surface area (Å²) in [5.74, 6) is 0.401. The van der Waals surface area contributed by atoms with Gasteiger partial charge in [0.15, 0.2) is 0 Å². The van der Waals surface area contributed by atoms with Gasteiger partial charge in [0.1, 0.15) is 12.3 Å². The number of unbranched alkanes of at least 4 members (excludes halogenated alkanes) is 1. The Kier molecular flexibility index (Phi) is 8.83. The normalized spacial score (nSPS) is 11.0. The third-order valence-electron chi connectivity index (χ3n) is 5.56. The van der Waals surface area contributed by atoms with Gasteiger partial charge in [-0.15, -0.1) is 0 Å². The van der Waals surface area contributed by atoms with Gasteiger partial charge in [-0.2, -0.15) is 0 Å². The number of nitrogens with one attached hydrogen (secondary N) is 2. The first-order valence-electron chi connectivity index (χ1n) is 11.7. The monoisotopic (exact) mass is 480 g/mol. The smallest absolute Gasteiger partial charge is 0.331 e. The number of ether oxygens (including phenoxy) is 1. The van der Waals surface area contributed by atoms with Crippen LogP contribution in [0.5, 0.6) is 5.75 Å². The molecule has 3 aromatic rings. The molecule has 2 aromatic carbocycles. The molecule has 0 atom stereocenters. The van der Waals surface area contributed by atoms with E-state index in [1.54, 1.807) is 48.5 Å². The molecule has 0 aliphatic rings. The standard InChI is InChI=1S/C26H32N4O5/c1-18(2)16-27-23(31)14-8-9-15-29-25(33)19-10-4-6-12-21(19)30(26(29)34)17-24(32)28-20-11-5-7-13-22(20)35-3/h4-7,10-13,18H,8-9,14-17H2,1-3H3,(H,27,31)(H,28,32). The summed E-state index contributed by atoms with van der Waals surface area (Å²) in [5, 5.41) is 5.98. The average molecular weight is 481 g/mol. The van der Waals surface area contributed by atoms with Crippen LogP contribution in [-0.2, 0) is 22.7 Å². The van der Waals surface area contributed by atoms with Crippen LogP contribution in [0.4, 0.5) is 5.69 Å². The Balaban J connectivity index is 1.79. The van der Waals surface area contributed by atoms with Crippen LogP contribution in [0, 0.1) is 5.92 Å². The third-order valence-corrected chi connectivity index (χ3v) is 5.56. The zero-order valence-electron chi connectivity index (χ0n) is 20.4. The van der Waals surface area contributed by atoms with E-state index >= 15 is 0 Å². The number of fused-ring (bicyclic) bond motifs is 1. The summed E-state index contributed by atoms with van der Waals surface area (Å²) in [6, 6.07) is 13.7. The number of methoxy groups -OCH3 is 1. The van der Waals surface area contributed by atoms with Gasteiger partial charge in [0.25, 0.3) is 5.56 Å². The zero-order valence-corrected chi connectivity index (χ0v) is 20.4. The van der Waals surface area contributed by atoms with Gasteiger partial charge in [-0.05, 0) is 43.0 Å². The molecule has 0 bridgehead atoms. The quantitative estimate of drug-likeness (QED) is 0.410. The van der Waals surface area contributed by atoms with Crippen LogP contribution in [0.1, 0.15) is 33.1 Å². The van der Waals surface area contributed by atoms with Crippen molar-refractivity contribution in [3.8, 4) is 5.75 Å². The molecule has 35 heavy (non-hydrogen) atoms. The number of carbonyl (C=O) groups excluding carboxylic acids is 2. The summed E-state index contributed by atoms with van der Waals surface area (Å²) < 4.78 is 7.71. The number of anilines is 1. The van der Waals surface area contributed by atoms with E-state index in [4.69, 9.17) is 4.74 Å². The molecular weight excluding hydrogens is 448 g/mol.